The van der Waals surface area contributed by atoms with Gasteiger partial charge in [-0.25, -0.2) is 13.9 Å². The van der Waals surface area contributed by atoms with Gasteiger partial charge in [0.2, 0.25) is 0 Å². The maximum atomic E-state index is 14.6. The number of para-hydroxylation sites is 1. The Morgan fingerprint density at radius 3 is 2.51 bits per heavy atom. The van der Waals surface area contributed by atoms with E-state index >= 15 is 0 Å². The molecule has 1 aromatic heterocycles. The van der Waals surface area contributed by atoms with Crippen molar-refractivity contribution in [2.45, 2.75) is 38.1 Å². The van der Waals surface area contributed by atoms with Crippen molar-refractivity contribution in [2.24, 2.45) is 0 Å². The Morgan fingerprint density at radius 1 is 1.11 bits per heavy atom. The van der Waals surface area contributed by atoms with Gasteiger partial charge in [-0.2, -0.15) is 5.10 Å². The Hall–Kier alpha value is -3.23. The number of benzene rings is 2. The molecule has 1 unspecified atom stereocenters. The molecule has 0 radical (unpaired) electrons. The number of nitrogens with one attached hydrogen (secondary N) is 2. The number of urea groups is 1. The second kappa shape index (κ2) is 10.6. The van der Waals surface area contributed by atoms with E-state index in [0.29, 0.717) is 12.4 Å². The van der Waals surface area contributed by atoms with Gasteiger partial charge >= 0.3 is 6.03 Å². The summed E-state index contributed by atoms with van der Waals surface area (Å²) in [6.45, 7) is 9.08. The van der Waals surface area contributed by atoms with Gasteiger partial charge in [0.1, 0.15) is 17.3 Å². The van der Waals surface area contributed by atoms with Crippen LogP contribution in [-0.4, -0.2) is 60.1 Å². The molecular weight excluding hydrogens is 445 g/mol. The number of methoxy groups -OCH3 is 1. The molecule has 0 spiro atoms. The zero-order valence-corrected chi connectivity index (χ0v) is 20.8. The number of halogens is 1. The monoisotopic (exact) mass is 479 g/mol. The predicted octanol–water partition coefficient (Wildman–Crippen LogP) is 4.54. The lowest BCUT2D eigenvalue weighted by molar-refractivity contribution is 0.159. The average Bonchev–Trinajstić information content (AvgIpc) is 3.43. The van der Waals surface area contributed by atoms with Crippen molar-refractivity contribution >= 4 is 11.8 Å². The number of amides is 2. The zero-order valence-electron chi connectivity index (χ0n) is 20.8. The zero-order chi connectivity index (χ0) is 25.0. The molecule has 7 nitrogen and oxygen atoms in total. The summed E-state index contributed by atoms with van der Waals surface area (Å²) in [6.07, 6.45) is 0. The summed E-state index contributed by atoms with van der Waals surface area (Å²) in [6, 6.07) is 18.0. The van der Waals surface area contributed by atoms with Crippen LogP contribution in [0, 0.1) is 5.82 Å². The lowest BCUT2D eigenvalue weighted by atomic mass is 9.92. The van der Waals surface area contributed by atoms with E-state index in [1.165, 1.54) is 16.3 Å². The van der Waals surface area contributed by atoms with Crippen LogP contribution in [0.15, 0.2) is 60.7 Å². The van der Waals surface area contributed by atoms with Gasteiger partial charge in [0.25, 0.3) is 0 Å². The molecule has 35 heavy (non-hydrogen) atoms. The smallest absolute Gasteiger partial charge is 0.320 e. The number of hydrogen-bond donors (Lipinski definition) is 2. The summed E-state index contributed by atoms with van der Waals surface area (Å²) < 4.78 is 21.3. The molecule has 2 N–H and O–H groups in total. The summed E-state index contributed by atoms with van der Waals surface area (Å²) in [4.78, 5) is 15.5. The molecule has 2 aromatic carbocycles. The second-order valence-corrected chi connectivity index (χ2v) is 10.0. The normalized spacial score (nSPS) is 18.5. The molecule has 2 amide bonds. The van der Waals surface area contributed by atoms with Crippen molar-refractivity contribution in [3.05, 3.63) is 77.7 Å². The average molecular weight is 480 g/mol. The van der Waals surface area contributed by atoms with Crippen LogP contribution in [0.25, 0.3) is 5.69 Å². The van der Waals surface area contributed by atoms with Crippen LogP contribution in [0.2, 0.25) is 0 Å². The molecule has 1 saturated heterocycles. The highest BCUT2D eigenvalue weighted by Crippen LogP contribution is 2.29. The van der Waals surface area contributed by atoms with Crippen molar-refractivity contribution in [3.8, 4) is 5.69 Å². The molecule has 1 fully saturated rings. The Kier molecular flexibility index (Phi) is 7.52. The van der Waals surface area contributed by atoms with Crippen molar-refractivity contribution in [2.75, 3.05) is 38.7 Å². The summed E-state index contributed by atoms with van der Waals surface area (Å²) in [5.74, 6) is 0.164. The van der Waals surface area contributed by atoms with Crippen molar-refractivity contribution < 1.29 is 13.9 Å². The van der Waals surface area contributed by atoms with Crippen molar-refractivity contribution in [1.29, 1.82) is 0 Å². The third kappa shape index (κ3) is 5.89. The largest absolute Gasteiger partial charge is 0.383 e. The molecule has 1 aliphatic rings. The Morgan fingerprint density at radius 2 is 1.83 bits per heavy atom. The van der Waals surface area contributed by atoms with Crippen molar-refractivity contribution in [3.63, 3.8) is 0 Å². The number of aromatic nitrogens is 2. The lowest BCUT2D eigenvalue weighted by Gasteiger charge is -2.21. The quantitative estimate of drug-likeness (QED) is 0.522. The number of anilines is 1. The van der Waals surface area contributed by atoms with Gasteiger partial charge in [0, 0.05) is 44.1 Å². The number of carbonyl (C=O) groups excluding carboxylic acids is 1. The van der Waals surface area contributed by atoms with Crippen LogP contribution in [0.1, 0.15) is 37.9 Å². The highest BCUT2D eigenvalue weighted by Gasteiger charge is 2.35. The number of likely N-dealkylation sites (tertiary alicyclic amines) is 1. The van der Waals surface area contributed by atoms with Crippen LogP contribution < -0.4 is 10.6 Å². The van der Waals surface area contributed by atoms with Crippen LogP contribution in [0.3, 0.4) is 0 Å². The number of carbonyl (C=O) groups is 1. The van der Waals surface area contributed by atoms with Gasteiger partial charge in [0.05, 0.1) is 18.3 Å². The van der Waals surface area contributed by atoms with Gasteiger partial charge in [0.15, 0.2) is 0 Å². The highest BCUT2D eigenvalue weighted by molar-refractivity contribution is 5.89. The van der Waals surface area contributed by atoms with Crippen LogP contribution >= 0.6 is 0 Å². The molecule has 4 rings (SSSR count). The number of nitrogens with zero attached hydrogens (tertiary/aromatic N) is 3. The van der Waals surface area contributed by atoms with Gasteiger partial charge in [-0.15, -0.1) is 0 Å². The van der Waals surface area contributed by atoms with Gasteiger partial charge in [-0.3, -0.25) is 10.2 Å². The van der Waals surface area contributed by atoms with Crippen LogP contribution in [0.5, 0.6) is 0 Å². The molecule has 2 atom stereocenters. The summed E-state index contributed by atoms with van der Waals surface area (Å²) >= 11 is 0. The second-order valence-electron chi connectivity index (χ2n) is 10.0. The summed E-state index contributed by atoms with van der Waals surface area (Å²) in [7, 11) is 1.69. The minimum absolute atomic E-state index is 0.0822. The Bertz CT molecular complexity index is 1140. The van der Waals surface area contributed by atoms with Crippen molar-refractivity contribution in [1.82, 2.24) is 20.0 Å². The summed E-state index contributed by atoms with van der Waals surface area (Å²) in [5, 5.41) is 10.7. The maximum absolute atomic E-state index is 14.6. The van der Waals surface area contributed by atoms with Gasteiger partial charge in [-0.05, 0) is 17.7 Å². The van der Waals surface area contributed by atoms with E-state index in [9.17, 15) is 9.18 Å². The predicted molar refractivity (Wildman–Crippen MR) is 136 cm³/mol. The fourth-order valence-electron chi connectivity index (χ4n) is 4.44. The summed E-state index contributed by atoms with van der Waals surface area (Å²) in [5.41, 5.74) is 1.95. The molecule has 0 bridgehead atoms. The number of rotatable bonds is 7. The van der Waals surface area contributed by atoms with E-state index in [2.05, 4.69) is 32.8 Å². The third-order valence-corrected chi connectivity index (χ3v) is 6.35. The molecule has 186 valence electrons. The third-order valence-electron chi connectivity index (χ3n) is 6.35. The molecule has 0 aliphatic carbocycles. The van der Waals surface area contributed by atoms with E-state index in [1.54, 1.807) is 31.4 Å². The van der Waals surface area contributed by atoms with Gasteiger partial charge in [-0.1, -0.05) is 63.2 Å². The fourth-order valence-corrected chi connectivity index (χ4v) is 4.44. The van der Waals surface area contributed by atoms with Crippen LogP contribution in [-0.2, 0) is 10.2 Å². The minimum Gasteiger partial charge on any atom is -0.383 e. The topological polar surface area (TPSA) is 71.4 Å². The molecular formula is C27H34FN5O2. The Labute approximate surface area is 206 Å². The minimum atomic E-state index is -0.409. The number of hydrogen-bond acceptors (Lipinski definition) is 4. The van der Waals surface area contributed by atoms with E-state index < -0.39 is 5.82 Å². The number of ether oxygens (including phenoxy) is 1. The van der Waals surface area contributed by atoms with Gasteiger partial charge < -0.3 is 10.1 Å². The van der Waals surface area contributed by atoms with E-state index in [4.69, 9.17) is 4.74 Å². The molecule has 1 aliphatic heterocycles. The lowest BCUT2D eigenvalue weighted by Crippen LogP contribution is -2.42. The molecule has 2 heterocycles. The first-order valence-corrected chi connectivity index (χ1v) is 12.0. The molecule has 3 aromatic rings. The first kappa shape index (κ1) is 24.9. The molecule has 0 saturated carbocycles. The fraction of sp³-hybridized carbons (Fsp3) is 0.407. The van der Waals surface area contributed by atoms with E-state index in [1.807, 2.05) is 39.0 Å². The standard InChI is InChI=1S/C27H34FN5O2/c1-27(2,3)24-16-25(33(31-24)23-13-9-8-12-21(23)28)30-26(34)29-22-18-32(14-15-35-4)17-20(22)19-10-6-5-7-11-19/h5-13,16,20,22H,14-15,17-18H2,1-4H3,(H2,29,30,34)/t20?,22-/m1/s1. The Balaban J connectivity index is 1.56. The van der Waals surface area contributed by atoms with E-state index in [0.717, 1.165) is 25.3 Å². The van der Waals surface area contributed by atoms with Crippen LogP contribution in [0.4, 0.5) is 15.0 Å². The maximum Gasteiger partial charge on any atom is 0.320 e. The first-order chi connectivity index (χ1) is 16.8. The SMILES string of the molecule is COCCN1CC(c2ccccc2)[C@H](NC(=O)Nc2cc(C(C)(C)C)nn2-c2ccccc2F)C1. The highest BCUT2D eigenvalue weighted by atomic mass is 19.1. The van der Waals surface area contributed by atoms with E-state index in [-0.39, 0.29) is 29.1 Å². The molecule has 8 heteroatoms. The first-order valence-electron chi connectivity index (χ1n) is 12.0.